The Balaban J connectivity index is 2.13. The lowest BCUT2D eigenvalue weighted by atomic mass is 9.81. The topological polar surface area (TPSA) is 21.3 Å². The summed E-state index contributed by atoms with van der Waals surface area (Å²) in [5.41, 5.74) is 2.49. The van der Waals surface area contributed by atoms with Crippen LogP contribution in [0.25, 0.3) is 0 Å². The van der Waals surface area contributed by atoms with E-state index in [1.807, 2.05) is 12.1 Å². The summed E-state index contributed by atoms with van der Waals surface area (Å²) in [4.78, 5) is 0. The van der Waals surface area contributed by atoms with Gasteiger partial charge in [-0.25, -0.2) is 0 Å². The Labute approximate surface area is 94.6 Å². The maximum Gasteiger partial charge on any atom is 0.0863 e. The molecule has 2 aliphatic heterocycles. The van der Waals surface area contributed by atoms with Crippen molar-refractivity contribution in [1.82, 2.24) is 5.32 Å². The highest BCUT2D eigenvalue weighted by Gasteiger charge is 2.44. The number of benzene rings is 1. The van der Waals surface area contributed by atoms with E-state index in [0.29, 0.717) is 12.5 Å². The van der Waals surface area contributed by atoms with Gasteiger partial charge >= 0.3 is 0 Å². The second-order valence-corrected chi connectivity index (χ2v) is 5.00. The van der Waals surface area contributed by atoms with Gasteiger partial charge in [-0.2, -0.15) is 0 Å². The van der Waals surface area contributed by atoms with E-state index in [9.17, 15) is 0 Å². The van der Waals surface area contributed by atoms with Crippen molar-refractivity contribution in [3.8, 4) is 0 Å². The molecular formula is C12H14ClNO. The second-order valence-electron chi connectivity index (χ2n) is 4.59. The molecule has 2 aliphatic rings. The van der Waals surface area contributed by atoms with E-state index in [2.05, 4.69) is 18.3 Å². The first kappa shape index (κ1) is 9.64. The largest absolute Gasteiger partial charge is 0.369 e. The Morgan fingerprint density at radius 2 is 2.40 bits per heavy atom. The van der Waals surface area contributed by atoms with Crippen LogP contribution in [0.1, 0.15) is 24.0 Å². The van der Waals surface area contributed by atoms with Crippen LogP contribution in [0.15, 0.2) is 18.2 Å². The fraction of sp³-hybridized carbons (Fsp3) is 0.500. The fourth-order valence-electron chi connectivity index (χ4n) is 2.69. The summed E-state index contributed by atoms with van der Waals surface area (Å²) in [6.45, 7) is 4.75. The standard InChI is InChI=1S/C12H14ClNO/c1-12-7-14-5-10(12)8-3-2-4-11(13)9(8)6-15-12/h2-4,10,14H,5-7H2,1H3/t10-,12-/m0/s1. The van der Waals surface area contributed by atoms with Crippen LogP contribution in [0.3, 0.4) is 0 Å². The van der Waals surface area contributed by atoms with Gasteiger partial charge in [-0.3, -0.25) is 0 Å². The molecule has 1 fully saturated rings. The zero-order chi connectivity index (χ0) is 10.5. The molecule has 80 valence electrons. The molecule has 2 nitrogen and oxygen atoms in total. The molecule has 15 heavy (non-hydrogen) atoms. The molecule has 1 aromatic rings. The summed E-state index contributed by atoms with van der Waals surface area (Å²) in [5, 5.41) is 4.23. The van der Waals surface area contributed by atoms with Crippen molar-refractivity contribution < 1.29 is 4.74 Å². The Hall–Kier alpha value is -0.570. The molecule has 3 rings (SSSR count). The molecule has 2 heterocycles. The van der Waals surface area contributed by atoms with Crippen LogP contribution >= 0.6 is 11.6 Å². The van der Waals surface area contributed by atoms with Crippen molar-refractivity contribution in [2.45, 2.75) is 25.0 Å². The van der Waals surface area contributed by atoms with Crippen molar-refractivity contribution in [3.05, 3.63) is 34.3 Å². The molecule has 0 radical (unpaired) electrons. The average molecular weight is 224 g/mol. The Bertz CT molecular complexity index is 407. The van der Waals surface area contributed by atoms with Crippen molar-refractivity contribution in [3.63, 3.8) is 0 Å². The highest BCUT2D eigenvalue weighted by Crippen LogP contribution is 2.42. The summed E-state index contributed by atoms with van der Waals surface area (Å²) in [7, 11) is 0. The van der Waals surface area contributed by atoms with Crippen molar-refractivity contribution in [2.24, 2.45) is 0 Å². The first-order valence-corrected chi connectivity index (χ1v) is 5.70. The van der Waals surface area contributed by atoms with Crippen LogP contribution < -0.4 is 5.32 Å². The zero-order valence-electron chi connectivity index (χ0n) is 8.72. The van der Waals surface area contributed by atoms with E-state index >= 15 is 0 Å². The second kappa shape index (κ2) is 3.21. The normalized spacial score (nSPS) is 33.6. The van der Waals surface area contributed by atoms with Crippen molar-refractivity contribution >= 4 is 11.6 Å². The van der Waals surface area contributed by atoms with Crippen molar-refractivity contribution in [1.29, 1.82) is 0 Å². The minimum atomic E-state index is -0.0440. The lowest BCUT2D eigenvalue weighted by Gasteiger charge is -2.37. The molecule has 0 spiro atoms. The van der Waals surface area contributed by atoms with Crippen LogP contribution in [0.4, 0.5) is 0 Å². The van der Waals surface area contributed by atoms with E-state index in [4.69, 9.17) is 16.3 Å². The minimum Gasteiger partial charge on any atom is -0.369 e. The number of fused-ring (bicyclic) bond motifs is 3. The van der Waals surface area contributed by atoms with Crippen LogP contribution in [0.2, 0.25) is 5.02 Å². The predicted octanol–water partition coefficient (Wildman–Crippen LogP) is 2.32. The molecule has 0 unspecified atom stereocenters. The lowest BCUT2D eigenvalue weighted by molar-refractivity contribution is -0.0517. The van der Waals surface area contributed by atoms with Crippen LogP contribution in [-0.4, -0.2) is 18.7 Å². The van der Waals surface area contributed by atoms with Gasteiger partial charge in [-0.15, -0.1) is 0 Å². The fourth-order valence-corrected chi connectivity index (χ4v) is 2.92. The molecule has 3 heteroatoms. The molecule has 2 atom stereocenters. The summed E-state index contributed by atoms with van der Waals surface area (Å²) in [5.74, 6) is 0.444. The van der Waals surface area contributed by atoms with Gasteiger partial charge in [0.25, 0.3) is 0 Å². The summed E-state index contributed by atoms with van der Waals surface area (Å²) in [6, 6.07) is 6.15. The maximum absolute atomic E-state index is 6.18. The van der Waals surface area contributed by atoms with Crippen LogP contribution in [-0.2, 0) is 11.3 Å². The van der Waals surface area contributed by atoms with Crippen LogP contribution in [0, 0.1) is 0 Å². The quantitative estimate of drug-likeness (QED) is 0.729. The van der Waals surface area contributed by atoms with Gasteiger partial charge in [0.2, 0.25) is 0 Å². The molecule has 0 bridgehead atoms. The summed E-state index contributed by atoms with van der Waals surface area (Å²) >= 11 is 6.18. The summed E-state index contributed by atoms with van der Waals surface area (Å²) < 4.78 is 5.95. The third kappa shape index (κ3) is 1.32. The predicted molar refractivity (Wildman–Crippen MR) is 60.3 cm³/mol. The maximum atomic E-state index is 6.18. The monoisotopic (exact) mass is 223 g/mol. The molecule has 1 saturated heterocycles. The molecule has 0 aliphatic carbocycles. The molecule has 1 N–H and O–H groups in total. The molecular weight excluding hydrogens is 210 g/mol. The Morgan fingerprint density at radius 1 is 1.53 bits per heavy atom. The Morgan fingerprint density at radius 3 is 3.27 bits per heavy atom. The van der Waals surface area contributed by atoms with Crippen molar-refractivity contribution in [2.75, 3.05) is 13.1 Å². The Kier molecular flexibility index (Phi) is 2.06. The number of hydrogen-bond acceptors (Lipinski definition) is 2. The number of ether oxygens (including phenoxy) is 1. The minimum absolute atomic E-state index is 0.0440. The number of hydrogen-bond donors (Lipinski definition) is 1. The highest BCUT2D eigenvalue weighted by atomic mass is 35.5. The van der Waals surface area contributed by atoms with Gasteiger partial charge in [0.1, 0.15) is 0 Å². The van der Waals surface area contributed by atoms with Gasteiger partial charge in [-0.1, -0.05) is 23.7 Å². The summed E-state index contributed by atoms with van der Waals surface area (Å²) in [6.07, 6.45) is 0. The third-order valence-corrected chi connectivity index (χ3v) is 3.99. The van der Waals surface area contributed by atoms with Gasteiger partial charge in [-0.05, 0) is 24.1 Å². The first-order valence-electron chi connectivity index (χ1n) is 5.33. The van der Waals surface area contributed by atoms with E-state index < -0.39 is 0 Å². The van der Waals surface area contributed by atoms with Crippen LogP contribution in [0.5, 0.6) is 0 Å². The van der Waals surface area contributed by atoms with E-state index in [1.165, 1.54) is 11.1 Å². The number of rotatable bonds is 0. The lowest BCUT2D eigenvalue weighted by Crippen LogP contribution is -2.39. The molecule has 0 amide bonds. The number of halogens is 1. The van der Waals surface area contributed by atoms with Gasteiger partial charge in [0, 0.05) is 24.0 Å². The smallest absolute Gasteiger partial charge is 0.0863 e. The highest BCUT2D eigenvalue weighted by molar-refractivity contribution is 6.31. The number of nitrogens with one attached hydrogen (secondary N) is 1. The molecule has 0 saturated carbocycles. The molecule has 0 aromatic heterocycles. The molecule has 1 aromatic carbocycles. The van der Waals surface area contributed by atoms with E-state index in [-0.39, 0.29) is 5.60 Å². The van der Waals surface area contributed by atoms with Gasteiger partial charge in [0.05, 0.1) is 12.2 Å². The average Bonchev–Trinajstić information content (AvgIpc) is 2.60. The zero-order valence-corrected chi connectivity index (χ0v) is 9.47. The van der Waals surface area contributed by atoms with Gasteiger partial charge in [0.15, 0.2) is 0 Å². The van der Waals surface area contributed by atoms with E-state index in [0.717, 1.165) is 18.1 Å². The third-order valence-electron chi connectivity index (χ3n) is 3.64. The SMILES string of the molecule is C[C@]12CNC[C@H]1c1cccc(Cl)c1CO2. The van der Waals surface area contributed by atoms with Gasteiger partial charge < -0.3 is 10.1 Å². The van der Waals surface area contributed by atoms with E-state index in [1.54, 1.807) is 0 Å². The first-order chi connectivity index (χ1) is 7.21.